The SMILES string of the molecule is COc1ccc(-c2nc(C3CC3)sc2N)cc1F. The van der Waals surface area contributed by atoms with Gasteiger partial charge in [0.15, 0.2) is 11.6 Å². The number of nitrogens with zero attached hydrogens (tertiary/aromatic N) is 1. The number of rotatable bonds is 3. The number of methoxy groups -OCH3 is 1. The van der Waals surface area contributed by atoms with E-state index in [1.165, 1.54) is 37.4 Å². The van der Waals surface area contributed by atoms with E-state index in [0.29, 0.717) is 22.2 Å². The molecule has 0 unspecified atom stereocenters. The molecular formula is C13H13FN2OS. The number of nitrogen functional groups attached to an aromatic ring is 1. The Bertz CT molecular complexity index is 593. The quantitative estimate of drug-likeness (QED) is 0.924. The highest BCUT2D eigenvalue weighted by Crippen LogP contribution is 2.45. The maximum Gasteiger partial charge on any atom is 0.165 e. The molecule has 2 aromatic rings. The van der Waals surface area contributed by atoms with Crippen molar-refractivity contribution in [1.29, 1.82) is 0 Å². The van der Waals surface area contributed by atoms with Crippen LogP contribution in [0.2, 0.25) is 0 Å². The molecule has 0 radical (unpaired) electrons. The molecule has 0 bridgehead atoms. The molecule has 1 fully saturated rings. The van der Waals surface area contributed by atoms with E-state index in [2.05, 4.69) is 4.98 Å². The first-order chi connectivity index (χ1) is 8.69. The van der Waals surface area contributed by atoms with Gasteiger partial charge in [-0.2, -0.15) is 0 Å². The summed E-state index contributed by atoms with van der Waals surface area (Å²) in [6.45, 7) is 0. The molecule has 1 aliphatic rings. The van der Waals surface area contributed by atoms with Crippen molar-refractivity contribution in [3.05, 3.63) is 29.0 Å². The number of halogens is 1. The lowest BCUT2D eigenvalue weighted by atomic mass is 10.1. The van der Waals surface area contributed by atoms with Crippen LogP contribution in [0.15, 0.2) is 18.2 Å². The summed E-state index contributed by atoms with van der Waals surface area (Å²) >= 11 is 1.51. The van der Waals surface area contributed by atoms with E-state index < -0.39 is 5.82 Å². The minimum Gasteiger partial charge on any atom is -0.494 e. The first-order valence-electron chi connectivity index (χ1n) is 5.79. The number of hydrogen-bond donors (Lipinski definition) is 1. The molecule has 1 aromatic carbocycles. The van der Waals surface area contributed by atoms with Crippen molar-refractivity contribution in [2.45, 2.75) is 18.8 Å². The van der Waals surface area contributed by atoms with Gasteiger partial charge in [0.1, 0.15) is 10.7 Å². The molecule has 3 rings (SSSR count). The summed E-state index contributed by atoms with van der Waals surface area (Å²) in [5.74, 6) is 0.402. The van der Waals surface area contributed by atoms with Crippen molar-refractivity contribution in [2.24, 2.45) is 0 Å². The lowest BCUT2D eigenvalue weighted by Crippen LogP contribution is -1.91. The highest BCUT2D eigenvalue weighted by Gasteiger charge is 2.28. The normalized spacial score (nSPS) is 14.8. The zero-order valence-corrected chi connectivity index (χ0v) is 10.8. The molecule has 1 aromatic heterocycles. The zero-order valence-electron chi connectivity index (χ0n) is 9.94. The van der Waals surface area contributed by atoms with Gasteiger partial charge in [0.25, 0.3) is 0 Å². The molecule has 2 N–H and O–H groups in total. The van der Waals surface area contributed by atoms with Gasteiger partial charge in [0.2, 0.25) is 0 Å². The van der Waals surface area contributed by atoms with Gasteiger partial charge < -0.3 is 10.5 Å². The van der Waals surface area contributed by atoms with E-state index in [1.807, 2.05) is 0 Å². The summed E-state index contributed by atoms with van der Waals surface area (Å²) in [7, 11) is 1.44. The van der Waals surface area contributed by atoms with Crippen LogP contribution in [-0.4, -0.2) is 12.1 Å². The third kappa shape index (κ3) is 1.95. The Labute approximate surface area is 108 Å². The molecule has 0 aliphatic heterocycles. The Balaban J connectivity index is 2.00. The fourth-order valence-electron chi connectivity index (χ4n) is 1.87. The van der Waals surface area contributed by atoms with Crippen molar-refractivity contribution < 1.29 is 9.13 Å². The van der Waals surface area contributed by atoms with Gasteiger partial charge in [-0.25, -0.2) is 9.37 Å². The Hall–Kier alpha value is -1.62. The number of aromatic nitrogens is 1. The molecule has 5 heteroatoms. The van der Waals surface area contributed by atoms with Crippen LogP contribution in [-0.2, 0) is 0 Å². The van der Waals surface area contributed by atoms with E-state index in [1.54, 1.807) is 12.1 Å². The number of hydrogen-bond acceptors (Lipinski definition) is 4. The third-order valence-corrected chi connectivity index (χ3v) is 4.07. The second-order valence-corrected chi connectivity index (χ2v) is 5.45. The summed E-state index contributed by atoms with van der Waals surface area (Å²) in [5.41, 5.74) is 7.35. The highest BCUT2D eigenvalue weighted by molar-refractivity contribution is 7.16. The van der Waals surface area contributed by atoms with Crippen LogP contribution < -0.4 is 10.5 Å². The third-order valence-electron chi connectivity index (χ3n) is 3.02. The molecule has 0 spiro atoms. The Kier molecular flexibility index (Phi) is 2.70. The van der Waals surface area contributed by atoms with Gasteiger partial charge in [-0.1, -0.05) is 0 Å². The van der Waals surface area contributed by atoms with Gasteiger partial charge in [-0.3, -0.25) is 0 Å². The predicted octanol–water partition coefficient (Wildman–Crippen LogP) is 3.42. The average Bonchev–Trinajstić information content (AvgIpc) is 3.13. The summed E-state index contributed by atoms with van der Waals surface area (Å²) in [6.07, 6.45) is 2.37. The standard InChI is InChI=1S/C13H13FN2OS/c1-17-10-5-4-8(6-9(10)14)11-12(15)18-13(16-11)7-2-3-7/h4-7H,2-3,15H2,1H3. The number of anilines is 1. The minimum absolute atomic E-state index is 0.231. The van der Waals surface area contributed by atoms with Crippen LogP contribution >= 0.6 is 11.3 Å². The Morgan fingerprint density at radius 3 is 2.83 bits per heavy atom. The van der Waals surface area contributed by atoms with Gasteiger partial charge in [-0.05, 0) is 31.0 Å². The van der Waals surface area contributed by atoms with Crippen LogP contribution in [0.3, 0.4) is 0 Å². The molecule has 1 heterocycles. The van der Waals surface area contributed by atoms with Gasteiger partial charge >= 0.3 is 0 Å². The fraction of sp³-hybridized carbons (Fsp3) is 0.308. The summed E-state index contributed by atoms with van der Waals surface area (Å²) < 4.78 is 18.6. The number of benzene rings is 1. The van der Waals surface area contributed by atoms with E-state index in [0.717, 1.165) is 5.01 Å². The van der Waals surface area contributed by atoms with Crippen LogP contribution in [0.25, 0.3) is 11.3 Å². The smallest absolute Gasteiger partial charge is 0.165 e. The second kappa shape index (κ2) is 4.24. The molecular weight excluding hydrogens is 251 g/mol. The predicted molar refractivity (Wildman–Crippen MR) is 70.4 cm³/mol. The van der Waals surface area contributed by atoms with Crippen molar-refractivity contribution in [3.8, 4) is 17.0 Å². The molecule has 94 valence electrons. The topological polar surface area (TPSA) is 48.1 Å². The summed E-state index contributed by atoms with van der Waals surface area (Å²) in [5, 5.41) is 1.72. The largest absolute Gasteiger partial charge is 0.494 e. The van der Waals surface area contributed by atoms with Crippen molar-refractivity contribution in [1.82, 2.24) is 4.98 Å². The van der Waals surface area contributed by atoms with Crippen molar-refractivity contribution in [2.75, 3.05) is 12.8 Å². The van der Waals surface area contributed by atoms with E-state index in [-0.39, 0.29) is 5.75 Å². The zero-order chi connectivity index (χ0) is 12.7. The monoisotopic (exact) mass is 264 g/mol. The molecule has 1 saturated carbocycles. The number of nitrogens with two attached hydrogens (primary N) is 1. The lowest BCUT2D eigenvalue weighted by molar-refractivity contribution is 0.386. The molecule has 0 saturated heterocycles. The molecule has 3 nitrogen and oxygen atoms in total. The van der Waals surface area contributed by atoms with Crippen LogP contribution in [0.4, 0.5) is 9.39 Å². The van der Waals surface area contributed by atoms with Gasteiger partial charge in [0.05, 0.1) is 12.1 Å². The van der Waals surface area contributed by atoms with E-state index in [9.17, 15) is 4.39 Å². The Morgan fingerprint density at radius 1 is 1.44 bits per heavy atom. The van der Waals surface area contributed by atoms with E-state index >= 15 is 0 Å². The fourth-order valence-corrected chi connectivity index (χ4v) is 2.90. The van der Waals surface area contributed by atoms with Crippen molar-refractivity contribution in [3.63, 3.8) is 0 Å². The Morgan fingerprint density at radius 2 is 2.22 bits per heavy atom. The maximum atomic E-state index is 13.7. The lowest BCUT2D eigenvalue weighted by Gasteiger charge is -2.03. The first kappa shape index (κ1) is 11.5. The van der Waals surface area contributed by atoms with Gasteiger partial charge in [-0.15, -0.1) is 11.3 Å². The first-order valence-corrected chi connectivity index (χ1v) is 6.61. The highest BCUT2D eigenvalue weighted by atomic mass is 32.1. The molecule has 0 amide bonds. The van der Waals surface area contributed by atoms with E-state index in [4.69, 9.17) is 10.5 Å². The average molecular weight is 264 g/mol. The molecule has 0 atom stereocenters. The summed E-state index contributed by atoms with van der Waals surface area (Å²) in [6, 6.07) is 4.80. The molecule has 18 heavy (non-hydrogen) atoms. The second-order valence-electron chi connectivity index (χ2n) is 4.39. The van der Waals surface area contributed by atoms with Gasteiger partial charge in [0, 0.05) is 11.5 Å². The van der Waals surface area contributed by atoms with Crippen LogP contribution in [0.1, 0.15) is 23.8 Å². The number of ether oxygens (including phenoxy) is 1. The van der Waals surface area contributed by atoms with Crippen molar-refractivity contribution >= 4 is 16.3 Å². The summed E-state index contributed by atoms with van der Waals surface area (Å²) in [4.78, 5) is 4.52. The molecule has 1 aliphatic carbocycles. The maximum absolute atomic E-state index is 13.7. The minimum atomic E-state index is -0.393. The van der Waals surface area contributed by atoms with Crippen LogP contribution in [0.5, 0.6) is 5.75 Å². The van der Waals surface area contributed by atoms with Crippen LogP contribution in [0, 0.1) is 5.82 Å². The number of thiazole rings is 1.